The number of carbonyl (C=O) groups is 1. The molecule has 0 atom stereocenters. The molecule has 1 rings (SSSR count). The first kappa shape index (κ1) is 11.6. The molecule has 0 aliphatic rings. The molecule has 0 amide bonds. The van der Waals surface area contributed by atoms with Crippen LogP contribution in [0.3, 0.4) is 0 Å². The minimum absolute atomic E-state index is 0.476. The Morgan fingerprint density at radius 2 is 2.33 bits per heavy atom. The van der Waals surface area contributed by atoms with Gasteiger partial charge in [-0.2, -0.15) is 0 Å². The Morgan fingerprint density at radius 3 is 2.87 bits per heavy atom. The van der Waals surface area contributed by atoms with Crippen molar-refractivity contribution in [2.45, 2.75) is 6.92 Å². The van der Waals surface area contributed by atoms with Crippen LogP contribution in [0, 0.1) is 0 Å². The molecule has 1 N–H and O–H groups in total. The number of benzene rings is 1. The van der Waals surface area contributed by atoms with E-state index >= 15 is 0 Å². The molecular formula is C11H11ClO3. The van der Waals surface area contributed by atoms with Gasteiger partial charge in [0.1, 0.15) is 5.75 Å². The van der Waals surface area contributed by atoms with E-state index in [2.05, 4.69) is 0 Å². The van der Waals surface area contributed by atoms with Crippen molar-refractivity contribution in [1.29, 1.82) is 0 Å². The molecule has 1 aromatic rings. The van der Waals surface area contributed by atoms with Crippen LogP contribution in [0.4, 0.5) is 0 Å². The lowest BCUT2D eigenvalue weighted by Gasteiger charge is -2.05. The van der Waals surface area contributed by atoms with Gasteiger partial charge in [0.05, 0.1) is 11.6 Å². The van der Waals surface area contributed by atoms with E-state index < -0.39 is 5.97 Å². The van der Waals surface area contributed by atoms with Crippen LogP contribution < -0.4 is 4.74 Å². The van der Waals surface area contributed by atoms with Gasteiger partial charge in [-0.1, -0.05) is 17.7 Å². The largest absolute Gasteiger partial charge is 0.492 e. The van der Waals surface area contributed by atoms with Gasteiger partial charge in [0.2, 0.25) is 0 Å². The maximum absolute atomic E-state index is 10.3. The van der Waals surface area contributed by atoms with Gasteiger partial charge in [0.15, 0.2) is 0 Å². The van der Waals surface area contributed by atoms with Gasteiger partial charge in [0.25, 0.3) is 0 Å². The van der Waals surface area contributed by atoms with E-state index in [1.54, 1.807) is 18.2 Å². The van der Waals surface area contributed by atoms with Crippen LogP contribution in [0.25, 0.3) is 6.08 Å². The summed E-state index contributed by atoms with van der Waals surface area (Å²) in [5.74, 6) is -0.383. The second-order valence-corrected chi connectivity index (χ2v) is 3.20. The van der Waals surface area contributed by atoms with E-state index in [1.165, 1.54) is 6.08 Å². The summed E-state index contributed by atoms with van der Waals surface area (Å²) in [6.07, 6.45) is 2.54. The van der Waals surface area contributed by atoms with Crippen molar-refractivity contribution in [1.82, 2.24) is 0 Å². The van der Waals surface area contributed by atoms with Crippen LogP contribution in [0.15, 0.2) is 24.3 Å². The number of carboxylic acids is 1. The van der Waals surface area contributed by atoms with Crippen molar-refractivity contribution < 1.29 is 14.6 Å². The lowest BCUT2D eigenvalue weighted by Crippen LogP contribution is -1.92. The van der Waals surface area contributed by atoms with Crippen LogP contribution in [0.1, 0.15) is 12.5 Å². The van der Waals surface area contributed by atoms with Crippen molar-refractivity contribution in [2.75, 3.05) is 6.61 Å². The number of aliphatic carboxylic acids is 1. The highest BCUT2D eigenvalue weighted by molar-refractivity contribution is 6.32. The monoisotopic (exact) mass is 226 g/mol. The fourth-order valence-electron chi connectivity index (χ4n) is 1.06. The fraction of sp³-hybridized carbons (Fsp3) is 0.182. The second-order valence-electron chi connectivity index (χ2n) is 2.79. The predicted molar refractivity (Wildman–Crippen MR) is 59.3 cm³/mol. The fourth-order valence-corrected chi connectivity index (χ4v) is 1.30. The van der Waals surface area contributed by atoms with Crippen molar-refractivity contribution >= 4 is 23.6 Å². The molecule has 1 aromatic carbocycles. The number of halogens is 1. The Labute approximate surface area is 92.9 Å². The molecule has 0 spiro atoms. The zero-order valence-corrected chi connectivity index (χ0v) is 8.99. The zero-order valence-electron chi connectivity index (χ0n) is 8.24. The van der Waals surface area contributed by atoms with E-state index in [0.717, 1.165) is 11.6 Å². The lowest BCUT2D eigenvalue weighted by atomic mass is 10.2. The molecule has 0 aromatic heterocycles. The van der Waals surface area contributed by atoms with E-state index in [-0.39, 0.29) is 0 Å². The van der Waals surface area contributed by atoms with Crippen LogP contribution in [0.2, 0.25) is 5.02 Å². The summed E-state index contributed by atoms with van der Waals surface area (Å²) in [5, 5.41) is 8.91. The Kier molecular flexibility index (Phi) is 4.18. The van der Waals surface area contributed by atoms with Gasteiger partial charge >= 0.3 is 5.97 Å². The third-order valence-corrected chi connectivity index (χ3v) is 1.97. The minimum Gasteiger partial charge on any atom is -0.492 e. The quantitative estimate of drug-likeness (QED) is 0.803. The number of ether oxygens (including phenoxy) is 1. The maximum Gasteiger partial charge on any atom is 0.328 e. The summed E-state index contributed by atoms with van der Waals surface area (Å²) < 4.78 is 5.24. The summed E-state index contributed by atoms with van der Waals surface area (Å²) in [6.45, 7) is 2.42. The maximum atomic E-state index is 10.3. The van der Waals surface area contributed by atoms with Gasteiger partial charge in [0, 0.05) is 6.08 Å². The molecule has 80 valence electrons. The van der Waals surface area contributed by atoms with Gasteiger partial charge in [-0.25, -0.2) is 4.79 Å². The highest BCUT2D eigenvalue weighted by Crippen LogP contribution is 2.25. The third-order valence-electron chi connectivity index (χ3n) is 1.67. The molecule has 4 heteroatoms. The molecule has 0 aliphatic heterocycles. The summed E-state index contributed by atoms with van der Waals surface area (Å²) in [6, 6.07) is 5.12. The minimum atomic E-state index is -0.986. The lowest BCUT2D eigenvalue weighted by molar-refractivity contribution is -0.131. The second kappa shape index (κ2) is 5.41. The van der Waals surface area contributed by atoms with Crippen molar-refractivity contribution in [3.8, 4) is 5.75 Å². The number of rotatable bonds is 4. The van der Waals surface area contributed by atoms with Crippen molar-refractivity contribution in [3.63, 3.8) is 0 Å². The molecule has 3 nitrogen and oxygen atoms in total. The normalized spacial score (nSPS) is 10.5. The Balaban J connectivity index is 2.86. The zero-order chi connectivity index (χ0) is 11.3. The van der Waals surface area contributed by atoms with Crippen LogP contribution in [-0.4, -0.2) is 17.7 Å². The molecule has 0 unspecified atom stereocenters. The Morgan fingerprint density at radius 1 is 1.60 bits per heavy atom. The number of carboxylic acid groups (broad SMARTS) is 1. The molecule has 0 saturated carbocycles. The summed E-state index contributed by atoms with van der Waals surface area (Å²) in [5.41, 5.74) is 0.728. The molecule has 15 heavy (non-hydrogen) atoms. The Hall–Kier alpha value is -1.48. The molecule has 0 heterocycles. The van der Waals surface area contributed by atoms with Crippen LogP contribution in [-0.2, 0) is 4.79 Å². The summed E-state index contributed by atoms with van der Waals surface area (Å²) in [4.78, 5) is 10.3. The average molecular weight is 227 g/mol. The first-order chi connectivity index (χ1) is 7.13. The van der Waals surface area contributed by atoms with Gasteiger partial charge in [-0.3, -0.25) is 0 Å². The molecule has 0 bridgehead atoms. The third kappa shape index (κ3) is 3.64. The van der Waals surface area contributed by atoms with Crippen LogP contribution in [0.5, 0.6) is 5.75 Å². The molecule has 0 fully saturated rings. The molecule has 0 radical (unpaired) electrons. The first-order valence-electron chi connectivity index (χ1n) is 4.47. The summed E-state index contributed by atoms with van der Waals surface area (Å²) in [7, 11) is 0. The molecular weight excluding hydrogens is 216 g/mol. The van der Waals surface area contributed by atoms with E-state index in [4.69, 9.17) is 21.4 Å². The topological polar surface area (TPSA) is 46.5 Å². The highest BCUT2D eigenvalue weighted by Gasteiger charge is 2.00. The van der Waals surface area contributed by atoms with E-state index in [0.29, 0.717) is 17.4 Å². The van der Waals surface area contributed by atoms with Gasteiger partial charge in [-0.15, -0.1) is 0 Å². The summed E-state index contributed by atoms with van der Waals surface area (Å²) >= 11 is 5.92. The number of hydrogen-bond acceptors (Lipinski definition) is 2. The van der Waals surface area contributed by atoms with Crippen molar-refractivity contribution in [3.05, 3.63) is 34.9 Å². The molecule has 0 saturated heterocycles. The standard InChI is InChI=1S/C11H11ClO3/c1-2-15-10-5-3-8(7-9(10)12)4-6-11(13)14/h3-7H,2H2,1H3,(H,13,14). The predicted octanol–water partition coefficient (Wildman–Crippen LogP) is 2.84. The number of hydrogen-bond donors (Lipinski definition) is 1. The molecule has 0 aliphatic carbocycles. The smallest absolute Gasteiger partial charge is 0.328 e. The highest BCUT2D eigenvalue weighted by atomic mass is 35.5. The Bertz CT molecular complexity index is 385. The van der Waals surface area contributed by atoms with Crippen molar-refractivity contribution in [2.24, 2.45) is 0 Å². The van der Waals surface area contributed by atoms with E-state index in [1.807, 2.05) is 6.92 Å². The average Bonchev–Trinajstić information content (AvgIpc) is 2.19. The van der Waals surface area contributed by atoms with Crippen LogP contribution >= 0.6 is 11.6 Å². The van der Waals surface area contributed by atoms with Gasteiger partial charge in [-0.05, 0) is 30.7 Å². The first-order valence-corrected chi connectivity index (χ1v) is 4.84. The SMILES string of the molecule is CCOc1ccc(C=CC(=O)O)cc1Cl. The van der Waals surface area contributed by atoms with Gasteiger partial charge < -0.3 is 9.84 Å². The van der Waals surface area contributed by atoms with E-state index in [9.17, 15) is 4.79 Å².